The first kappa shape index (κ1) is 11.8. The fourth-order valence-corrected chi connectivity index (χ4v) is 2.89. The number of rotatable bonds is 3. The molecule has 0 bridgehead atoms. The van der Waals surface area contributed by atoms with Crippen LogP contribution < -0.4 is 5.32 Å². The fourth-order valence-electron chi connectivity index (χ4n) is 2.89. The Morgan fingerprint density at radius 1 is 1.44 bits per heavy atom. The molecular formula is C12H21N3O. The highest BCUT2D eigenvalue weighted by Gasteiger charge is 2.41. The normalized spacial score (nSPS) is 39.1. The Labute approximate surface area is 97.6 Å². The molecule has 1 aliphatic heterocycles. The second-order valence-electron chi connectivity index (χ2n) is 5.02. The van der Waals surface area contributed by atoms with Gasteiger partial charge < -0.3 is 10.1 Å². The average Bonchev–Trinajstić information content (AvgIpc) is 2.98. The van der Waals surface area contributed by atoms with Gasteiger partial charge in [0.15, 0.2) is 0 Å². The summed E-state index contributed by atoms with van der Waals surface area (Å²) in [5.41, 5.74) is -0.293. The van der Waals surface area contributed by atoms with Gasteiger partial charge in [0.25, 0.3) is 0 Å². The fraction of sp³-hybridized carbons (Fsp3) is 0.917. The summed E-state index contributed by atoms with van der Waals surface area (Å²) in [5, 5.41) is 12.4. The molecule has 0 aromatic heterocycles. The van der Waals surface area contributed by atoms with Crippen molar-refractivity contribution in [2.24, 2.45) is 0 Å². The summed E-state index contributed by atoms with van der Waals surface area (Å²) >= 11 is 0. The van der Waals surface area contributed by atoms with Gasteiger partial charge in [-0.05, 0) is 39.8 Å². The first-order valence-electron chi connectivity index (χ1n) is 6.10. The minimum atomic E-state index is -0.293. The van der Waals surface area contributed by atoms with E-state index in [1.165, 1.54) is 0 Å². The lowest BCUT2D eigenvalue weighted by Gasteiger charge is -2.30. The maximum Gasteiger partial charge on any atom is 0.108 e. The minimum Gasteiger partial charge on any atom is -0.380 e. The van der Waals surface area contributed by atoms with E-state index in [1.807, 2.05) is 7.05 Å². The van der Waals surface area contributed by atoms with E-state index < -0.39 is 0 Å². The van der Waals surface area contributed by atoms with Gasteiger partial charge in [-0.25, -0.2) is 0 Å². The van der Waals surface area contributed by atoms with Crippen molar-refractivity contribution in [1.82, 2.24) is 10.2 Å². The first-order chi connectivity index (χ1) is 7.71. The van der Waals surface area contributed by atoms with Gasteiger partial charge in [0.2, 0.25) is 0 Å². The lowest BCUT2D eigenvalue weighted by molar-refractivity contribution is 0.131. The molecule has 90 valence electrons. The molecule has 0 spiro atoms. The van der Waals surface area contributed by atoms with Crippen LogP contribution in [-0.2, 0) is 4.74 Å². The molecule has 1 saturated heterocycles. The van der Waals surface area contributed by atoms with E-state index in [1.54, 1.807) is 0 Å². The maximum atomic E-state index is 9.23. The number of hydrogen-bond acceptors (Lipinski definition) is 4. The Bertz CT molecular complexity index is 282. The van der Waals surface area contributed by atoms with Crippen LogP contribution in [0.3, 0.4) is 0 Å². The summed E-state index contributed by atoms with van der Waals surface area (Å²) in [7, 11) is 4.07. The predicted molar refractivity (Wildman–Crippen MR) is 62.0 cm³/mol. The second-order valence-corrected chi connectivity index (χ2v) is 5.02. The number of nitrogens with zero attached hydrogens (tertiary/aromatic N) is 2. The SMILES string of the molecule is CNC1(C#N)CCC(N(C)C2CCOC2)C1. The van der Waals surface area contributed by atoms with Crippen molar-refractivity contribution >= 4 is 0 Å². The molecule has 4 nitrogen and oxygen atoms in total. The van der Waals surface area contributed by atoms with Crippen molar-refractivity contribution in [3.8, 4) is 6.07 Å². The highest BCUT2D eigenvalue weighted by Crippen LogP contribution is 2.33. The highest BCUT2D eigenvalue weighted by molar-refractivity contribution is 5.13. The zero-order valence-corrected chi connectivity index (χ0v) is 10.2. The molecule has 2 rings (SSSR count). The summed E-state index contributed by atoms with van der Waals surface area (Å²) in [6.45, 7) is 1.74. The third-order valence-corrected chi connectivity index (χ3v) is 4.24. The topological polar surface area (TPSA) is 48.3 Å². The standard InChI is InChI=1S/C12H21N3O/c1-14-12(9-13)5-3-10(7-12)15(2)11-4-6-16-8-11/h10-11,14H,3-8H2,1-2H3. The zero-order chi connectivity index (χ0) is 11.6. The van der Waals surface area contributed by atoms with Gasteiger partial charge in [-0.2, -0.15) is 5.26 Å². The maximum absolute atomic E-state index is 9.23. The van der Waals surface area contributed by atoms with Gasteiger partial charge >= 0.3 is 0 Å². The van der Waals surface area contributed by atoms with Crippen molar-refractivity contribution in [3.05, 3.63) is 0 Å². The summed E-state index contributed by atoms with van der Waals surface area (Å²) in [4.78, 5) is 2.42. The van der Waals surface area contributed by atoms with Crippen LogP contribution in [-0.4, -0.2) is 49.8 Å². The molecule has 16 heavy (non-hydrogen) atoms. The van der Waals surface area contributed by atoms with Crippen LogP contribution in [0.25, 0.3) is 0 Å². The smallest absolute Gasteiger partial charge is 0.108 e. The Morgan fingerprint density at radius 3 is 2.75 bits per heavy atom. The summed E-state index contributed by atoms with van der Waals surface area (Å²) in [6, 6.07) is 3.51. The molecule has 2 aliphatic rings. The molecule has 0 aromatic rings. The molecule has 1 saturated carbocycles. The number of likely N-dealkylation sites (N-methyl/N-ethyl adjacent to an activating group) is 1. The van der Waals surface area contributed by atoms with Gasteiger partial charge in [-0.3, -0.25) is 4.90 Å². The molecule has 0 radical (unpaired) electrons. The molecule has 2 fully saturated rings. The molecule has 1 heterocycles. The Hall–Kier alpha value is -0.630. The van der Waals surface area contributed by atoms with Crippen molar-refractivity contribution in [2.45, 2.75) is 43.3 Å². The largest absolute Gasteiger partial charge is 0.380 e. The van der Waals surface area contributed by atoms with Crippen molar-refractivity contribution in [2.75, 3.05) is 27.3 Å². The van der Waals surface area contributed by atoms with E-state index >= 15 is 0 Å². The lowest BCUT2D eigenvalue weighted by Crippen LogP contribution is -2.44. The van der Waals surface area contributed by atoms with Gasteiger partial charge in [0, 0.05) is 18.7 Å². The monoisotopic (exact) mass is 223 g/mol. The average molecular weight is 223 g/mol. The molecule has 1 aliphatic carbocycles. The molecule has 4 heteroatoms. The van der Waals surface area contributed by atoms with Crippen LogP contribution >= 0.6 is 0 Å². The molecule has 0 amide bonds. The molecular weight excluding hydrogens is 202 g/mol. The van der Waals surface area contributed by atoms with Gasteiger partial charge in [0.05, 0.1) is 12.7 Å². The minimum absolute atomic E-state index is 0.293. The first-order valence-corrected chi connectivity index (χ1v) is 6.10. The van der Waals surface area contributed by atoms with E-state index in [-0.39, 0.29) is 5.54 Å². The Morgan fingerprint density at radius 2 is 2.25 bits per heavy atom. The number of nitrogens with one attached hydrogen (secondary N) is 1. The predicted octanol–water partition coefficient (Wildman–Crippen LogP) is 0.741. The van der Waals surface area contributed by atoms with Crippen LogP contribution in [0.5, 0.6) is 0 Å². The van der Waals surface area contributed by atoms with Gasteiger partial charge in [-0.1, -0.05) is 0 Å². The number of nitriles is 1. The van der Waals surface area contributed by atoms with Crippen LogP contribution in [0.4, 0.5) is 0 Å². The van der Waals surface area contributed by atoms with E-state index in [0.29, 0.717) is 12.1 Å². The van der Waals surface area contributed by atoms with Crippen LogP contribution in [0.2, 0.25) is 0 Å². The number of hydrogen-bond donors (Lipinski definition) is 1. The molecule has 3 unspecified atom stereocenters. The molecule has 3 atom stereocenters. The lowest BCUT2D eigenvalue weighted by atomic mass is 9.99. The van der Waals surface area contributed by atoms with Crippen LogP contribution in [0.1, 0.15) is 25.7 Å². The number of ether oxygens (including phenoxy) is 1. The van der Waals surface area contributed by atoms with Gasteiger partial charge in [0.1, 0.15) is 5.54 Å². The van der Waals surface area contributed by atoms with Gasteiger partial charge in [-0.15, -0.1) is 0 Å². The highest BCUT2D eigenvalue weighted by atomic mass is 16.5. The summed E-state index contributed by atoms with van der Waals surface area (Å²) < 4.78 is 5.42. The van der Waals surface area contributed by atoms with Crippen LogP contribution in [0.15, 0.2) is 0 Å². The molecule has 0 aromatic carbocycles. The van der Waals surface area contributed by atoms with E-state index in [2.05, 4.69) is 23.3 Å². The third-order valence-electron chi connectivity index (χ3n) is 4.24. The van der Waals surface area contributed by atoms with Crippen molar-refractivity contribution in [1.29, 1.82) is 5.26 Å². The summed E-state index contributed by atoms with van der Waals surface area (Å²) in [6.07, 6.45) is 4.14. The van der Waals surface area contributed by atoms with Crippen LogP contribution in [0, 0.1) is 11.3 Å². The van der Waals surface area contributed by atoms with E-state index in [0.717, 1.165) is 38.9 Å². The molecule has 1 N–H and O–H groups in total. The van der Waals surface area contributed by atoms with E-state index in [4.69, 9.17) is 4.74 Å². The van der Waals surface area contributed by atoms with Crippen molar-refractivity contribution in [3.63, 3.8) is 0 Å². The zero-order valence-electron chi connectivity index (χ0n) is 10.2. The Kier molecular flexibility index (Phi) is 3.48. The van der Waals surface area contributed by atoms with Crippen molar-refractivity contribution < 1.29 is 4.74 Å². The van der Waals surface area contributed by atoms with E-state index in [9.17, 15) is 5.26 Å². The quantitative estimate of drug-likeness (QED) is 0.766. The second kappa shape index (κ2) is 4.70. The third kappa shape index (κ3) is 2.08. The summed E-state index contributed by atoms with van der Waals surface area (Å²) in [5.74, 6) is 0. The Balaban J connectivity index is 1.95.